The number of nitrogens with zero attached hydrogens (tertiary/aromatic N) is 1. The maximum Gasteiger partial charge on any atom is 0.323 e. The first-order chi connectivity index (χ1) is 7.79. The van der Waals surface area contributed by atoms with Gasteiger partial charge >= 0.3 is 5.97 Å². The average Bonchev–Trinajstić information content (AvgIpc) is 2.35. The Kier molecular flexibility index (Phi) is 5.44. The number of rotatable bonds is 5. The van der Waals surface area contributed by atoms with Crippen molar-refractivity contribution in [1.82, 2.24) is 0 Å². The van der Waals surface area contributed by atoms with Gasteiger partial charge in [-0.1, -0.05) is 30.3 Å². The Balaban J connectivity index is 2.72. The minimum atomic E-state index is -0.334. The molecule has 0 saturated carbocycles. The maximum absolute atomic E-state index is 11.6. The molecule has 1 unspecified atom stereocenters. The van der Waals surface area contributed by atoms with Crippen molar-refractivity contribution in [3.05, 3.63) is 35.9 Å². The third-order valence-electron chi connectivity index (χ3n) is 2.02. The van der Waals surface area contributed by atoms with Crippen LogP contribution < -0.4 is 0 Å². The summed E-state index contributed by atoms with van der Waals surface area (Å²) in [6.45, 7) is 0. The number of nitriles is 1. The Labute approximate surface area is 99.4 Å². The van der Waals surface area contributed by atoms with Crippen molar-refractivity contribution in [1.29, 1.82) is 5.26 Å². The highest BCUT2D eigenvalue weighted by molar-refractivity contribution is 8.00. The monoisotopic (exact) mass is 235 g/mol. The molecule has 0 fully saturated rings. The van der Waals surface area contributed by atoms with Gasteiger partial charge in [-0.15, -0.1) is 11.8 Å². The van der Waals surface area contributed by atoms with E-state index < -0.39 is 0 Å². The lowest BCUT2D eigenvalue weighted by molar-refractivity contribution is -0.140. The number of ether oxygens (including phenoxy) is 1. The SMILES string of the molecule is COC(=O)C(SCCC#N)c1ccccc1. The fraction of sp³-hybridized carbons (Fsp3) is 0.333. The Morgan fingerprint density at radius 2 is 2.19 bits per heavy atom. The van der Waals surface area contributed by atoms with E-state index in [1.807, 2.05) is 30.3 Å². The lowest BCUT2D eigenvalue weighted by Gasteiger charge is -2.13. The highest BCUT2D eigenvalue weighted by Gasteiger charge is 2.21. The van der Waals surface area contributed by atoms with Gasteiger partial charge in [-0.05, 0) is 5.56 Å². The van der Waals surface area contributed by atoms with Gasteiger partial charge in [-0.2, -0.15) is 5.26 Å². The molecule has 0 bridgehead atoms. The zero-order chi connectivity index (χ0) is 11.8. The summed E-state index contributed by atoms with van der Waals surface area (Å²) in [7, 11) is 1.38. The quantitative estimate of drug-likeness (QED) is 0.581. The molecule has 1 aromatic carbocycles. The normalized spacial score (nSPS) is 11.5. The smallest absolute Gasteiger partial charge is 0.323 e. The number of hydrogen-bond donors (Lipinski definition) is 0. The average molecular weight is 235 g/mol. The van der Waals surface area contributed by atoms with E-state index in [4.69, 9.17) is 10.00 Å². The molecule has 1 rings (SSSR count). The Morgan fingerprint density at radius 1 is 1.50 bits per heavy atom. The van der Waals surface area contributed by atoms with Gasteiger partial charge in [0.15, 0.2) is 0 Å². The van der Waals surface area contributed by atoms with Crippen molar-refractivity contribution in [3.8, 4) is 6.07 Å². The standard InChI is InChI=1S/C12H13NO2S/c1-15-12(14)11(16-9-5-8-13)10-6-3-2-4-7-10/h2-4,6-7,11H,5,9H2,1H3. The summed E-state index contributed by atoms with van der Waals surface area (Å²) in [5.41, 5.74) is 0.914. The predicted octanol–water partition coefficient (Wildman–Crippen LogP) is 2.55. The van der Waals surface area contributed by atoms with E-state index in [2.05, 4.69) is 6.07 Å². The zero-order valence-corrected chi connectivity index (χ0v) is 9.87. The maximum atomic E-state index is 11.6. The molecule has 0 aliphatic carbocycles. The Bertz CT molecular complexity index is 372. The largest absolute Gasteiger partial charge is 0.468 e. The van der Waals surface area contributed by atoms with Crippen LogP contribution in [0.15, 0.2) is 30.3 Å². The van der Waals surface area contributed by atoms with Crippen LogP contribution in [0.3, 0.4) is 0 Å². The predicted molar refractivity (Wildman–Crippen MR) is 63.9 cm³/mol. The van der Waals surface area contributed by atoms with Crippen molar-refractivity contribution in [2.24, 2.45) is 0 Å². The van der Waals surface area contributed by atoms with Crippen molar-refractivity contribution < 1.29 is 9.53 Å². The van der Waals surface area contributed by atoms with Crippen LogP contribution in [0.4, 0.5) is 0 Å². The molecule has 0 aromatic heterocycles. The summed E-state index contributed by atoms with van der Waals surface area (Å²) in [6, 6.07) is 11.5. The molecule has 1 atom stereocenters. The van der Waals surface area contributed by atoms with Gasteiger partial charge in [-0.25, -0.2) is 0 Å². The lowest BCUT2D eigenvalue weighted by Crippen LogP contribution is -2.11. The summed E-state index contributed by atoms with van der Waals surface area (Å²) < 4.78 is 4.75. The van der Waals surface area contributed by atoms with Gasteiger partial charge in [0.25, 0.3) is 0 Å². The summed E-state index contributed by atoms with van der Waals surface area (Å²) in [6.07, 6.45) is 0.436. The second-order valence-electron chi connectivity index (χ2n) is 3.09. The Morgan fingerprint density at radius 3 is 2.75 bits per heavy atom. The molecule has 4 heteroatoms. The minimum Gasteiger partial charge on any atom is -0.468 e. The summed E-state index contributed by atoms with van der Waals surface area (Å²) in [5, 5.41) is 8.13. The van der Waals surface area contributed by atoms with E-state index in [0.717, 1.165) is 5.56 Å². The van der Waals surface area contributed by atoms with Gasteiger partial charge in [0.2, 0.25) is 0 Å². The molecule has 0 aliphatic heterocycles. The van der Waals surface area contributed by atoms with Crippen LogP contribution in [0, 0.1) is 11.3 Å². The fourth-order valence-corrected chi connectivity index (χ4v) is 2.28. The zero-order valence-electron chi connectivity index (χ0n) is 9.05. The molecule has 0 aliphatic rings. The van der Waals surface area contributed by atoms with E-state index >= 15 is 0 Å². The number of esters is 1. The first-order valence-electron chi connectivity index (χ1n) is 4.91. The molecule has 16 heavy (non-hydrogen) atoms. The fourth-order valence-electron chi connectivity index (χ4n) is 1.26. The van der Waals surface area contributed by atoms with E-state index in [9.17, 15) is 4.79 Å². The second kappa shape index (κ2) is 6.91. The molecule has 84 valence electrons. The second-order valence-corrected chi connectivity index (χ2v) is 4.31. The molecule has 0 spiro atoms. The molecule has 0 amide bonds. The van der Waals surface area contributed by atoms with Gasteiger partial charge in [0, 0.05) is 12.2 Å². The van der Waals surface area contributed by atoms with Crippen LogP contribution in [0.2, 0.25) is 0 Å². The van der Waals surface area contributed by atoms with Gasteiger partial charge in [0.05, 0.1) is 13.2 Å². The first kappa shape index (κ1) is 12.6. The number of carbonyl (C=O) groups excluding carboxylic acids is 1. The first-order valence-corrected chi connectivity index (χ1v) is 5.95. The number of thioether (sulfide) groups is 1. The third kappa shape index (κ3) is 3.59. The van der Waals surface area contributed by atoms with E-state index in [1.54, 1.807) is 0 Å². The van der Waals surface area contributed by atoms with Crippen LogP contribution >= 0.6 is 11.8 Å². The van der Waals surface area contributed by atoms with Crippen LogP contribution in [0.5, 0.6) is 0 Å². The van der Waals surface area contributed by atoms with Gasteiger partial charge < -0.3 is 4.74 Å². The number of benzene rings is 1. The van der Waals surface area contributed by atoms with E-state index in [0.29, 0.717) is 12.2 Å². The van der Waals surface area contributed by atoms with Crippen LogP contribution in [0.1, 0.15) is 17.2 Å². The third-order valence-corrected chi connectivity index (χ3v) is 3.25. The van der Waals surface area contributed by atoms with Gasteiger partial charge in [0.1, 0.15) is 5.25 Å². The van der Waals surface area contributed by atoms with Crippen LogP contribution in [0.25, 0.3) is 0 Å². The van der Waals surface area contributed by atoms with E-state index in [-0.39, 0.29) is 11.2 Å². The molecule has 0 radical (unpaired) electrons. The van der Waals surface area contributed by atoms with Gasteiger partial charge in [-0.3, -0.25) is 4.79 Å². The van der Waals surface area contributed by atoms with Crippen molar-refractivity contribution >= 4 is 17.7 Å². The van der Waals surface area contributed by atoms with Crippen molar-refractivity contribution in [2.45, 2.75) is 11.7 Å². The molecule has 1 aromatic rings. The highest BCUT2D eigenvalue weighted by atomic mass is 32.2. The molecule has 0 heterocycles. The van der Waals surface area contributed by atoms with Crippen LogP contribution in [-0.2, 0) is 9.53 Å². The number of methoxy groups -OCH3 is 1. The van der Waals surface area contributed by atoms with E-state index in [1.165, 1.54) is 18.9 Å². The van der Waals surface area contributed by atoms with Crippen LogP contribution in [-0.4, -0.2) is 18.8 Å². The molecular weight excluding hydrogens is 222 g/mol. The molecular formula is C12H13NO2S. The minimum absolute atomic E-state index is 0.269. The number of hydrogen-bond acceptors (Lipinski definition) is 4. The van der Waals surface area contributed by atoms with Crippen molar-refractivity contribution in [2.75, 3.05) is 12.9 Å². The Hall–Kier alpha value is -1.47. The molecule has 0 saturated heterocycles. The summed E-state index contributed by atoms with van der Waals surface area (Å²) >= 11 is 1.43. The summed E-state index contributed by atoms with van der Waals surface area (Å²) in [5.74, 6) is 0.361. The summed E-state index contributed by atoms with van der Waals surface area (Å²) in [4.78, 5) is 11.6. The number of carbonyl (C=O) groups is 1. The van der Waals surface area contributed by atoms with Crippen molar-refractivity contribution in [3.63, 3.8) is 0 Å². The highest BCUT2D eigenvalue weighted by Crippen LogP contribution is 2.30. The molecule has 3 nitrogen and oxygen atoms in total. The lowest BCUT2D eigenvalue weighted by atomic mass is 10.1. The topological polar surface area (TPSA) is 50.1 Å². The molecule has 0 N–H and O–H groups in total.